The van der Waals surface area contributed by atoms with Crippen LogP contribution in [0.3, 0.4) is 0 Å². The summed E-state index contributed by atoms with van der Waals surface area (Å²) in [7, 11) is 0. The predicted molar refractivity (Wildman–Crippen MR) is 103 cm³/mol. The zero-order valence-corrected chi connectivity index (χ0v) is 15.4. The van der Waals surface area contributed by atoms with E-state index in [1.807, 2.05) is 0 Å². The molecule has 0 radical (unpaired) electrons. The summed E-state index contributed by atoms with van der Waals surface area (Å²) in [6.45, 7) is -0.575. The summed E-state index contributed by atoms with van der Waals surface area (Å²) in [5, 5.41) is 20.2. The lowest BCUT2D eigenvalue weighted by Crippen LogP contribution is -2.36. The summed E-state index contributed by atoms with van der Waals surface area (Å²) >= 11 is 0.651. The molecule has 29 heavy (non-hydrogen) atoms. The van der Waals surface area contributed by atoms with Gasteiger partial charge in [0, 0.05) is 5.69 Å². The van der Waals surface area contributed by atoms with Crippen LogP contribution in [0.1, 0.15) is 15.9 Å². The molecule has 148 valence electrons. The van der Waals surface area contributed by atoms with Gasteiger partial charge in [0.25, 0.3) is 11.1 Å². The minimum Gasteiger partial charge on any atom is -0.507 e. The molecule has 3 amide bonds. The van der Waals surface area contributed by atoms with Gasteiger partial charge in [0.2, 0.25) is 5.91 Å². The summed E-state index contributed by atoms with van der Waals surface area (Å²) in [5.74, 6) is -3.68. The highest BCUT2D eigenvalue weighted by Gasteiger charge is 2.36. The molecule has 10 heteroatoms. The van der Waals surface area contributed by atoms with Crippen molar-refractivity contribution in [3.63, 3.8) is 0 Å². The summed E-state index contributed by atoms with van der Waals surface area (Å²) in [6.07, 6.45) is 1.42. The number of anilines is 1. The maximum absolute atomic E-state index is 13.0. The molecule has 1 aliphatic rings. The van der Waals surface area contributed by atoms with Crippen LogP contribution in [-0.2, 0) is 9.59 Å². The largest absolute Gasteiger partial charge is 0.507 e. The lowest BCUT2D eigenvalue weighted by Gasteiger charge is -2.13. The van der Waals surface area contributed by atoms with Gasteiger partial charge in [0.15, 0.2) is 0 Å². The fourth-order valence-electron chi connectivity index (χ4n) is 2.48. The first-order valence-corrected chi connectivity index (χ1v) is 8.93. The van der Waals surface area contributed by atoms with Crippen molar-refractivity contribution in [2.45, 2.75) is 0 Å². The van der Waals surface area contributed by atoms with Crippen molar-refractivity contribution in [2.75, 3.05) is 11.9 Å². The average Bonchev–Trinajstić information content (AvgIpc) is 2.92. The van der Waals surface area contributed by atoms with Crippen LogP contribution in [0, 0.1) is 5.82 Å². The number of amides is 3. The van der Waals surface area contributed by atoms with Crippen molar-refractivity contribution in [3.05, 3.63) is 64.3 Å². The SMILES string of the molecule is O=C(CN1C(=O)S/C(=C\c2ccc(F)cc2)C1=O)Nc1ccc(O)c(C(=O)O)c1. The Morgan fingerprint density at radius 2 is 1.83 bits per heavy atom. The minimum absolute atomic E-state index is 0.0824. The number of phenols is 1. The van der Waals surface area contributed by atoms with E-state index in [1.54, 1.807) is 0 Å². The Kier molecular flexibility index (Phi) is 5.64. The molecule has 0 saturated carbocycles. The third-order valence-corrected chi connectivity index (χ3v) is 4.76. The Labute approximate surface area is 167 Å². The molecule has 2 aromatic carbocycles. The van der Waals surface area contributed by atoms with Crippen molar-refractivity contribution < 1.29 is 33.8 Å². The van der Waals surface area contributed by atoms with Crippen LogP contribution >= 0.6 is 11.8 Å². The quantitative estimate of drug-likeness (QED) is 0.506. The number of carbonyl (C=O) groups is 4. The number of thioether (sulfide) groups is 1. The fraction of sp³-hybridized carbons (Fsp3) is 0.0526. The summed E-state index contributed by atoms with van der Waals surface area (Å²) in [4.78, 5) is 48.6. The van der Waals surface area contributed by atoms with Crippen LogP contribution in [0.5, 0.6) is 5.75 Å². The highest BCUT2D eigenvalue weighted by molar-refractivity contribution is 8.18. The average molecular weight is 416 g/mol. The molecule has 0 atom stereocenters. The molecule has 0 aromatic heterocycles. The van der Waals surface area contributed by atoms with E-state index in [0.717, 1.165) is 17.0 Å². The summed E-state index contributed by atoms with van der Waals surface area (Å²) in [5.41, 5.74) is 0.196. The minimum atomic E-state index is -1.38. The second-order valence-electron chi connectivity index (χ2n) is 5.90. The molecule has 0 spiro atoms. The van der Waals surface area contributed by atoms with Crippen molar-refractivity contribution in [1.82, 2.24) is 4.90 Å². The number of hydrogen-bond donors (Lipinski definition) is 3. The number of nitrogens with one attached hydrogen (secondary N) is 1. The van der Waals surface area contributed by atoms with Crippen LogP contribution in [0.4, 0.5) is 14.9 Å². The van der Waals surface area contributed by atoms with E-state index >= 15 is 0 Å². The third kappa shape index (κ3) is 4.61. The number of carboxylic acids is 1. The molecular formula is C19H13FN2O6S. The third-order valence-electron chi connectivity index (χ3n) is 3.85. The number of carboxylic acid groups (broad SMARTS) is 1. The molecule has 1 saturated heterocycles. The van der Waals surface area contributed by atoms with Gasteiger partial charge in [-0.05, 0) is 53.7 Å². The van der Waals surface area contributed by atoms with E-state index in [-0.39, 0.29) is 10.6 Å². The number of carbonyl (C=O) groups excluding carboxylic acids is 3. The van der Waals surface area contributed by atoms with Gasteiger partial charge in [-0.25, -0.2) is 9.18 Å². The van der Waals surface area contributed by atoms with Crippen molar-refractivity contribution in [2.24, 2.45) is 0 Å². The molecule has 0 aliphatic carbocycles. The molecule has 0 unspecified atom stereocenters. The van der Waals surface area contributed by atoms with Crippen molar-refractivity contribution >= 4 is 46.5 Å². The molecule has 0 bridgehead atoms. The van der Waals surface area contributed by atoms with Crippen molar-refractivity contribution in [1.29, 1.82) is 0 Å². The monoisotopic (exact) mass is 416 g/mol. The molecule has 8 nitrogen and oxygen atoms in total. The van der Waals surface area contributed by atoms with E-state index in [2.05, 4.69) is 5.32 Å². The summed E-state index contributed by atoms with van der Waals surface area (Å²) in [6, 6.07) is 8.76. The molecule has 2 aromatic rings. The van der Waals surface area contributed by atoms with Gasteiger partial charge in [0.05, 0.1) is 4.91 Å². The standard InChI is InChI=1S/C19H13FN2O6S/c20-11-3-1-10(2-4-11)7-15-17(25)22(19(28)29-15)9-16(24)21-12-5-6-14(23)13(8-12)18(26)27/h1-8,23H,9H2,(H,21,24)(H,26,27)/b15-7-. The molecule has 3 N–H and O–H groups in total. The van der Waals surface area contributed by atoms with Crippen LogP contribution in [0.2, 0.25) is 0 Å². The number of aromatic hydroxyl groups is 1. The summed E-state index contributed by atoms with van der Waals surface area (Å²) < 4.78 is 13.0. The molecular weight excluding hydrogens is 403 g/mol. The van der Waals surface area contributed by atoms with Gasteiger partial charge < -0.3 is 15.5 Å². The molecule has 1 heterocycles. The normalized spacial score (nSPS) is 15.1. The van der Waals surface area contributed by atoms with Gasteiger partial charge in [-0.2, -0.15) is 0 Å². The lowest BCUT2D eigenvalue weighted by atomic mass is 10.2. The van der Waals surface area contributed by atoms with Crippen LogP contribution in [-0.4, -0.2) is 44.7 Å². The molecule has 3 rings (SSSR count). The molecule has 1 aliphatic heterocycles. The number of nitrogens with zero attached hydrogens (tertiary/aromatic N) is 1. The van der Waals surface area contributed by atoms with E-state index < -0.39 is 46.7 Å². The first-order valence-electron chi connectivity index (χ1n) is 8.11. The number of imide groups is 1. The van der Waals surface area contributed by atoms with Crippen LogP contribution in [0.15, 0.2) is 47.4 Å². The smallest absolute Gasteiger partial charge is 0.339 e. The second-order valence-corrected chi connectivity index (χ2v) is 6.90. The van der Waals surface area contributed by atoms with Gasteiger partial charge in [-0.3, -0.25) is 19.3 Å². The Morgan fingerprint density at radius 1 is 1.14 bits per heavy atom. The number of halogens is 1. The zero-order valence-electron chi connectivity index (χ0n) is 14.6. The van der Waals surface area contributed by atoms with E-state index in [9.17, 15) is 28.7 Å². The van der Waals surface area contributed by atoms with E-state index in [4.69, 9.17) is 5.11 Å². The Hall–Kier alpha value is -3.66. The highest BCUT2D eigenvalue weighted by atomic mass is 32.2. The van der Waals surface area contributed by atoms with E-state index in [0.29, 0.717) is 17.3 Å². The van der Waals surface area contributed by atoms with Crippen LogP contribution < -0.4 is 5.32 Å². The highest BCUT2D eigenvalue weighted by Crippen LogP contribution is 2.32. The topological polar surface area (TPSA) is 124 Å². The molecule has 1 fully saturated rings. The maximum atomic E-state index is 13.0. The van der Waals surface area contributed by atoms with Crippen molar-refractivity contribution in [3.8, 4) is 5.75 Å². The van der Waals surface area contributed by atoms with Crippen LogP contribution in [0.25, 0.3) is 6.08 Å². The Bertz CT molecular complexity index is 1050. The number of aromatic carboxylic acids is 1. The zero-order chi connectivity index (χ0) is 21.1. The first kappa shape index (κ1) is 20.1. The maximum Gasteiger partial charge on any atom is 0.339 e. The first-order chi connectivity index (χ1) is 13.7. The Balaban J connectivity index is 1.70. The lowest BCUT2D eigenvalue weighted by molar-refractivity contribution is -0.127. The fourth-order valence-corrected chi connectivity index (χ4v) is 3.31. The second kappa shape index (κ2) is 8.15. The van der Waals surface area contributed by atoms with E-state index in [1.165, 1.54) is 36.4 Å². The predicted octanol–water partition coefficient (Wildman–Crippen LogP) is 2.90. The van der Waals surface area contributed by atoms with Gasteiger partial charge in [0.1, 0.15) is 23.7 Å². The van der Waals surface area contributed by atoms with Gasteiger partial charge in [-0.1, -0.05) is 12.1 Å². The van der Waals surface area contributed by atoms with Gasteiger partial charge >= 0.3 is 5.97 Å². The van der Waals surface area contributed by atoms with Gasteiger partial charge in [-0.15, -0.1) is 0 Å². The number of hydrogen-bond acceptors (Lipinski definition) is 6. The number of benzene rings is 2. The number of rotatable bonds is 5. The Morgan fingerprint density at radius 3 is 2.48 bits per heavy atom.